The molecule has 0 radical (unpaired) electrons. The summed E-state index contributed by atoms with van der Waals surface area (Å²) in [4.78, 5) is 9.03. The molecule has 0 aliphatic carbocycles. The minimum Gasteiger partial charge on any atom is -0.431 e. The third-order valence-electron chi connectivity index (χ3n) is 3.63. The first-order chi connectivity index (χ1) is 12.6. The van der Waals surface area contributed by atoms with E-state index in [4.69, 9.17) is 27.6 Å². The predicted octanol–water partition coefficient (Wildman–Crippen LogP) is 6.61. The van der Waals surface area contributed by atoms with Gasteiger partial charge in [0.15, 0.2) is 5.58 Å². The lowest BCUT2D eigenvalue weighted by atomic mass is 10.1. The predicted molar refractivity (Wildman–Crippen MR) is 105 cm³/mol. The van der Waals surface area contributed by atoms with Crippen molar-refractivity contribution in [2.75, 3.05) is 0 Å². The summed E-state index contributed by atoms with van der Waals surface area (Å²) in [7, 11) is 0. The van der Waals surface area contributed by atoms with Gasteiger partial charge in [-0.2, -0.15) is 0 Å². The third kappa shape index (κ3) is 4.04. The molecule has 3 nitrogen and oxygen atoms in total. The van der Waals surface area contributed by atoms with Crippen LogP contribution in [0.25, 0.3) is 11.1 Å². The molecular formula is C18H11Cl2FN2OS2. The number of hydrogen-bond acceptors (Lipinski definition) is 5. The molecule has 0 amide bonds. The average Bonchev–Trinajstić information content (AvgIpc) is 3.21. The summed E-state index contributed by atoms with van der Waals surface area (Å²) >= 11 is 15.1. The lowest BCUT2D eigenvalue weighted by molar-refractivity contribution is 0.489. The standard InChI is InChI=1S/C18H11Cl2FN2OS2/c19-11-2-4-15-16(6-11)24-18(23-15)26-9-13-8-25-17(22-13)5-10-1-3-12(21)7-14(10)20/h1-4,6-8H,5,9H2. The Morgan fingerprint density at radius 3 is 2.85 bits per heavy atom. The summed E-state index contributed by atoms with van der Waals surface area (Å²) in [5, 5.41) is 4.55. The van der Waals surface area contributed by atoms with E-state index in [-0.39, 0.29) is 5.82 Å². The number of thiazole rings is 1. The van der Waals surface area contributed by atoms with Crippen molar-refractivity contribution in [3.05, 3.63) is 73.9 Å². The number of aromatic nitrogens is 2. The second-order valence-electron chi connectivity index (χ2n) is 5.53. The topological polar surface area (TPSA) is 38.9 Å². The Balaban J connectivity index is 1.42. The van der Waals surface area contributed by atoms with Crippen molar-refractivity contribution in [2.24, 2.45) is 0 Å². The molecule has 0 atom stereocenters. The lowest BCUT2D eigenvalue weighted by Gasteiger charge is -2.01. The van der Waals surface area contributed by atoms with Crippen LogP contribution in [0, 0.1) is 5.82 Å². The number of thioether (sulfide) groups is 1. The Morgan fingerprint density at radius 2 is 2.00 bits per heavy atom. The quantitative estimate of drug-likeness (QED) is 0.337. The van der Waals surface area contributed by atoms with E-state index < -0.39 is 0 Å². The third-order valence-corrected chi connectivity index (χ3v) is 5.98. The highest BCUT2D eigenvalue weighted by atomic mass is 35.5. The molecule has 0 spiro atoms. The molecular weight excluding hydrogens is 414 g/mol. The molecule has 0 N–H and O–H groups in total. The molecule has 4 rings (SSSR count). The van der Waals surface area contributed by atoms with Gasteiger partial charge < -0.3 is 4.42 Å². The Bertz CT molecular complexity index is 1080. The zero-order valence-electron chi connectivity index (χ0n) is 13.2. The van der Waals surface area contributed by atoms with Gasteiger partial charge in [-0.25, -0.2) is 14.4 Å². The monoisotopic (exact) mass is 424 g/mol. The molecule has 26 heavy (non-hydrogen) atoms. The summed E-state index contributed by atoms with van der Waals surface area (Å²) in [6, 6.07) is 9.79. The second-order valence-corrected chi connectivity index (χ2v) is 8.24. The van der Waals surface area contributed by atoms with Gasteiger partial charge in [-0.1, -0.05) is 41.0 Å². The highest BCUT2D eigenvalue weighted by Gasteiger charge is 2.10. The van der Waals surface area contributed by atoms with Crippen LogP contribution in [0.15, 0.2) is 51.4 Å². The van der Waals surface area contributed by atoms with Crippen LogP contribution in [-0.2, 0) is 12.2 Å². The maximum absolute atomic E-state index is 13.1. The van der Waals surface area contributed by atoms with Gasteiger partial charge in [0.2, 0.25) is 0 Å². The number of oxazole rings is 1. The van der Waals surface area contributed by atoms with Gasteiger partial charge in [0.25, 0.3) is 5.22 Å². The molecule has 8 heteroatoms. The van der Waals surface area contributed by atoms with E-state index in [0.717, 1.165) is 21.8 Å². The Morgan fingerprint density at radius 1 is 1.12 bits per heavy atom. The van der Waals surface area contributed by atoms with Crippen LogP contribution in [0.5, 0.6) is 0 Å². The molecule has 0 aliphatic rings. The molecule has 4 aromatic rings. The Labute approximate surface area is 167 Å². The molecule has 132 valence electrons. The van der Waals surface area contributed by atoms with Crippen molar-refractivity contribution >= 4 is 57.4 Å². The molecule has 0 fully saturated rings. The van der Waals surface area contributed by atoms with Gasteiger partial charge in [-0.15, -0.1) is 11.3 Å². The first-order valence-electron chi connectivity index (χ1n) is 7.63. The highest BCUT2D eigenvalue weighted by molar-refractivity contribution is 7.98. The van der Waals surface area contributed by atoms with Crippen LogP contribution in [-0.4, -0.2) is 9.97 Å². The fourth-order valence-corrected chi connectivity index (χ4v) is 4.45. The number of hydrogen-bond donors (Lipinski definition) is 0. The molecule has 2 heterocycles. The van der Waals surface area contributed by atoms with Gasteiger partial charge in [0.05, 0.1) is 10.7 Å². The molecule has 2 aromatic carbocycles. The molecule has 0 aliphatic heterocycles. The number of benzene rings is 2. The SMILES string of the molecule is Fc1ccc(Cc2nc(CSc3nc4ccc(Cl)cc4o3)cs2)c(Cl)c1. The summed E-state index contributed by atoms with van der Waals surface area (Å²) < 4.78 is 18.8. The smallest absolute Gasteiger partial charge is 0.257 e. The second kappa shape index (κ2) is 7.56. The zero-order valence-corrected chi connectivity index (χ0v) is 16.4. The van der Waals surface area contributed by atoms with E-state index in [2.05, 4.69) is 9.97 Å². The molecule has 0 bridgehead atoms. The van der Waals surface area contributed by atoms with E-state index >= 15 is 0 Å². The van der Waals surface area contributed by atoms with Crippen molar-refractivity contribution in [3.63, 3.8) is 0 Å². The summed E-state index contributed by atoms with van der Waals surface area (Å²) in [5.41, 5.74) is 3.25. The molecule has 0 unspecified atom stereocenters. The minimum absolute atomic E-state index is 0.338. The lowest BCUT2D eigenvalue weighted by Crippen LogP contribution is -1.90. The molecule has 0 saturated carbocycles. The first kappa shape index (κ1) is 17.8. The fourth-order valence-electron chi connectivity index (χ4n) is 2.40. The summed E-state index contributed by atoms with van der Waals surface area (Å²) in [6.07, 6.45) is 0.579. The van der Waals surface area contributed by atoms with Crippen molar-refractivity contribution in [1.82, 2.24) is 9.97 Å². The van der Waals surface area contributed by atoms with Crippen molar-refractivity contribution in [2.45, 2.75) is 17.4 Å². The summed E-state index contributed by atoms with van der Waals surface area (Å²) in [6.45, 7) is 0. The van der Waals surface area contributed by atoms with E-state index in [0.29, 0.717) is 33.0 Å². The largest absolute Gasteiger partial charge is 0.431 e. The normalized spacial score (nSPS) is 11.3. The Kier molecular flexibility index (Phi) is 5.18. The zero-order chi connectivity index (χ0) is 18.1. The fraction of sp³-hybridized carbons (Fsp3) is 0.111. The molecule has 2 aromatic heterocycles. The van der Waals surface area contributed by atoms with E-state index in [1.54, 1.807) is 29.5 Å². The maximum Gasteiger partial charge on any atom is 0.257 e. The van der Waals surface area contributed by atoms with E-state index in [1.807, 2.05) is 11.4 Å². The number of rotatable bonds is 5. The van der Waals surface area contributed by atoms with Crippen molar-refractivity contribution in [1.29, 1.82) is 0 Å². The highest BCUT2D eigenvalue weighted by Crippen LogP contribution is 2.29. The van der Waals surface area contributed by atoms with Gasteiger partial charge >= 0.3 is 0 Å². The molecule has 0 saturated heterocycles. The number of nitrogens with zero attached hydrogens (tertiary/aromatic N) is 2. The Hall–Kier alpha value is -1.60. The van der Waals surface area contributed by atoms with Gasteiger partial charge in [0, 0.05) is 33.7 Å². The van der Waals surface area contributed by atoms with E-state index in [1.165, 1.54) is 23.9 Å². The van der Waals surface area contributed by atoms with Crippen LogP contribution in [0.1, 0.15) is 16.3 Å². The van der Waals surface area contributed by atoms with Gasteiger partial charge in [-0.05, 0) is 29.8 Å². The van der Waals surface area contributed by atoms with Crippen molar-refractivity contribution < 1.29 is 8.81 Å². The number of halogens is 3. The maximum atomic E-state index is 13.1. The van der Waals surface area contributed by atoms with E-state index in [9.17, 15) is 4.39 Å². The summed E-state index contributed by atoms with van der Waals surface area (Å²) in [5.74, 6) is 0.309. The van der Waals surface area contributed by atoms with Crippen LogP contribution >= 0.6 is 46.3 Å². The van der Waals surface area contributed by atoms with Crippen LogP contribution in [0.4, 0.5) is 4.39 Å². The average molecular weight is 425 g/mol. The van der Waals surface area contributed by atoms with Crippen LogP contribution < -0.4 is 0 Å². The van der Waals surface area contributed by atoms with Gasteiger partial charge in [0.1, 0.15) is 11.3 Å². The minimum atomic E-state index is -0.338. The van der Waals surface area contributed by atoms with Crippen LogP contribution in [0.2, 0.25) is 10.0 Å². The van der Waals surface area contributed by atoms with Gasteiger partial charge in [-0.3, -0.25) is 0 Å². The number of fused-ring (bicyclic) bond motifs is 1. The van der Waals surface area contributed by atoms with Crippen LogP contribution in [0.3, 0.4) is 0 Å². The first-order valence-corrected chi connectivity index (χ1v) is 10.2. The van der Waals surface area contributed by atoms with Crippen molar-refractivity contribution in [3.8, 4) is 0 Å².